The molecule has 11 heteroatoms. The SMILES string of the molecule is CCCOCCCNC(=O)CC(=N)OC(=N)C(c1nc2ccc(-c3ccc(C=O)cc3)cc2s1)S(C)=O. The molecule has 2 unspecified atom stereocenters. The van der Waals surface area contributed by atoms with Crippen molar-refractivity contribution in [2.24, 2.45) is 0 Å². The first-order valence-electron chi connectivity index (χ1n) is 11.8. The van der Waals surface area contributed by atoms with E-state index in [0.29, 0.717) is 42.3 Å². The summed E-state index contributed by atoms with van der Waals surface area (Å²) >= 11 is 1.30. The smallest absolute Gasteiger partial charge is 0.229 e. The Kier molecular flexibility index (Phi) is 10.6. The van der Waals surface area contributed by atoms with Crippen LogP contribution < -0.4 is 5.32 Å². The summed E-state index contributed by atoms with van der Waals surface area (Å²) in [5.74, 6) is -1.19. The average Bonchev–Trinajstić information content (AvgIpc) is 3.28. The van der Waals surface area contributed by atoms with E-state index in [1.807, 2.05) is 37.3 Å². The van der Waals surface area contributed by atoms with Crippen LogP contribution in [0.3, 0.4) is 0 Å². The van der Waals surface area contributed by atoms with Gasteiger partial charge in [0.05, 0.1) is 10.2 Å². The van der Waals surface area contributed by atoms with Crippen LogP contribution >= 0.6 is 11.3 Å². The molecule has 0 bridgehead atoms. The van der Waals surface area contributed by atoms with Crippen LogP contribution in [0.25, 0.3) is 21.3 Å². The van der Waals surface area contributed by atoms with Crippen molar-refractivity contribution in [3.63, 3.8) is 0 Å². The third-order valence-corrected chi connectivity index (χ3v) is 7.60. The van der Waals surface area contributed by atoms with E-state index < -0.39 is 33.8 Å². The molecule has 37 heavy (non-hydrogen) atoms. The van der Waals surface area contributed by atoms with Crippen LogP contribution in [-0.2, 0) is 25.1 Å². The number of aldehydes is 1. The number of fused-ring (bicyclic) bond motifs is 1. The molecule has 0 aliphatic carbocycles. The largest absolute Gasteiger partial charge is 0.427 e. The molecule has 1 amide bonds. The molecule has 0 fully saturated rings. The average molecular weight is 543 g/mol. The zero-order chi connectivity index (χ0) is 26.8. The van der Waals surface area contributed by atoms with Gasteiger partial charge < -0.3 is 14.8 Å². The van der Waals surface area contributed by atoms with Crippen LogP contribution in [0.15, 0.2) is 42.5 Å². The molecular weight excluding hydrogens is 512 g/mol. The fourth-order valence-electron chi connectivity index (χ4n) is 3.47. The van der Waals surface area contributed by atoms with Crippen LogP contribution in [0.1, 0.15) is 46.8 Å². The lowest BCUT2D eigenvalue weighted by atomic mass is 10.0. The van der Waals surface area contributed by atoms with Crippen LogP contribution in [0.4, 0.5) is 0 Å². The number of carbonyl (C=O) groups is 2. The highest BCUT2D eigenvalue weighted by Crippen LogP contribution is 2.33. The van der Waals surface area contributed by atoms with Crippen molar-refractivity contribution in [3.8, 4) is 11.1 Å². The number of nitrogens with zero attached hydrogens (tertiary/aromatic N) is 1. The number of benzene rings is 2. The molecule has 9 nitrogen and oxygen atoms in total. The minimum atomic E-state index is -1.54. The molecule has 2 aromatic carbocycles. The topological polar surface area (TPSA) is 142 Å². The maximum Gasteiger partial charge on any atom is 0.229 e. The van der Waals surface area contributed by atoms with Gasteiger partial charge in [-0.2, -0.15) is 0 Å². The monoisotopic (exact) mass is 542 g/mol. The standard InChI is InChI=1S/C26H30N4O5S2/c1-3-12-34-13-4-11-29-23(32)15-22(27)35-25(28)24(37(2)33)26-30-20-10-9-19(14-21(20)36-26)18-7-5-17(16-31)6-8-18/h5-10,14,16,24,27-28H,3-4,11-13,15H2,1-2H3,(H,29,32). The van der Waals surface area contributed by atoms with Gasteiger partial charge in [0.25, 0.3) is 0 Å². The van der Waals surface area contributed by atoms with E-state index in [1.165, 1.54) is 17.6 Å². The quantitative estimate of drug-likeness (QED) is 0.126. The number of hydrogen-bond acceptors (Lipinski definition) is 9. The lowest BCUT2D eigenvalue weighted by Crippen LogP contribution is -2.29. The van der Waals surface area contributed by atoms with Crippen molar-refractivity contribution in [2.45, 2.75) is 31.4 Å². The fraction of sp³-hybridized carbons (Fsp3) is 0.346. The Labute approximate surface area is 222 Å². The minimum Gasteiger partial charge on any atom is -0.427 e. The first-order valence-corrected chi connectivity index (χ1v) is 14.2. The van der Waals surface area contributed by atoms with Crippen molar-refractivity contribution < 1.29 is 23.3 Å². The molecule has 3 aromatic rings. The summed E-state index contributed by atoms with van der Waals surface area (Å²) in [7, 11) is -1.54. The Bertz CT molecular complexity index is 1290. The molecule has 196 valence electrons. The molecule has 1 heterocycles. The van der Waals surface area contributed by atoms with Crippen LogP contribution in [-0.4, -0.2) is 59.2 Å². The maximum atomic E-state index is 12.5. The molecule has 0 spiro atoms. The Morgan fingerprint density at radius 1 is 1.16 bits per heavy atom. The Balaban J connectivity index is 1.64. The molecule has 0 aliphatic heterocycles. The van der Waals surface area contributed by atoms with Crippen molar-refractivity contribution in [3.05, 3.63) is 53.0 Å². The van der Waals surface area contributed by atoms with Gasteiger partial charge in [-0.15, -0.1) is 11.3 Å². The maximum absolute atomic E-state index is 12.5. The highest BCUT2D eigenvalue weighted by Gasteiger charge is 2.28. The fourth-order valence-corrected chi connectivity index (χ4v) is 5.70. The molecule has 0 aliphatic rings. The van der Waals surface area contributed by atoms with Gasteiger partial charge in [-0.3, -0.25) is 24.6 Å². The number of carbonyl (C=O) groups excluding carboxylic acids is 2. The van der Waals surface area contributed by atoms with E-state index in [2.05, 4.69) is 10.3 Å². The number of amides is 1. The third-order valence-electron chi connectivity index (χ3n) is 5.27. The van der Waals surface area contributed by atoms with Crippen molar-refractivity contribution in [2.75, 3.05) is 26.0 Å². The lowest BCUT2D eigenvalue weighted by molar-refractivity contribution is -0.120. The highest BCUT2D eigenvalue weighted by molar-refractivity contribution is 7.85. The second-order valence-corrected chi connectivity index (χ2v) is 10.8. The van der Waals surface area contributed by atoms with Gasteiger partial charge in [0.1, 0.15) is 17.7 Å². The van der Waals surface area contributed by atoms with E-state index in [4.69, 9.17) is 20.3 Å². The normalized spacial score (nSPS) is 12.6. The summed E-state index contributed by atoms with van der Waals surface area (Å²) in [4.78, 5) is 27.5. The van der Waals surface area contributed by atoms with Gasteiger partial charge in [0, 0.05) is 42.4 Å². The van der Waals surface area contributed by atoms with E-state index in [0.717, 1.165) is 28.5 Å². The lowest BCUT2D eigenvalue weighted by Gasteiger charge is -2.14. The van der Waals surface area contributed by atoms with E-state index in [-0.39, 0.29) is 6.42 Å². The number of hydrogen-bond donors (Lipinski definition) is 3. The van der Waals surface area contributed by atoms with Crippen molar-refractivity contribution >= 4 is 56.3 Å². The zero-order valence-electron chi connectivity index (χ0n) is 20.7. The molecule has 0 radical (unpaired) electrons. The number of ether oxygens (including phenoxy) is 2. The van der Waals surface area contributed by atoms with Gasteiger partial charge in [-0.1, -0.05) is 37.3 Å². The van der Waals surface area contributed by atoms with Crippen molar-refractivity contribution in [1.82, 2.24) is 10.3 Å². The molecule has 1 aromatic heterocycles. The van der Waals surface area contributed by atoms with Gasteiger partial charge in [0.2, 0.25) is 11.8 Å². The molecule has 3 rings (SSSR count). The summed E-state index contributed by atoms with van der Waals surface area (Å²) in [6.45, 7) is 3.67. The van der Waals surface area contributed by atoms with E-state index in [9.17, 15) is 13.8 Å². The first kappa shape index (κ1) is 28.3. The third kappa shape index (κ3) is 8.11. The second kappa shape index (κ2) is 13.9. The first-order chi connectivity index (χ1) is 17.8. The highest BCUT2D eigenvalue weighted by atomic mass is 32.2. The number of nitrogens with one attached hydrogen (secondary N) is 3. The van der Waals surface area contributed by atoms with Crippen molar-refractivity contribution in [1.29, 1.82) is 10.8 Å². The number of thiazole rings is 1. The Morgan fingerprint density at radius 3 is 2.57 bits per heavy atom. The van der Waals surface area contributed by atoms with Gasteiger partial charge in [-0.25, -0.2) is 4.98 Å². The van der Waals surface area contributed by atoms with Crippen LogP contribution in [0, 0.1) is 10.8 Å². The predicted octanol–water partition coefficient (Wildman–Crippen LogP) is 4.49. The van der Waals surface area contributed by atoms with Gasteiger partial charge >= 0.3 is 0 Å². The van der Waals surface area contributed by atoms with Crippen LogP contribution in [0.2, 0.25) is 0 Å². The van der Waals surface area contributed by atoms with Gasteiger partial charge in [-0.05, 0) is 36.1 Å². The Morgan fingerprint density at radius 2 is 1.89 bits per heavy atom. The molecule has 0 saturated carbocycles. The summed E-state index contributed by atoms with van der Waals surface area (Å²) in [5.41, 5.74) is 3.16. The number of aromatic nitrogens is 1. The minimum absolute atomic E-state index is 0.326. The predicted molar refractivity (Wildman–Crippen MR) is 147 cm³/mol. The summed E-state index contributed by atoms with van der Waals surface area (Å²) < 4.78 is 24.0. The molecule has 2 atom stereocenters. The Hall–Kier alpha value is -3.28. The van der Waals surface area contributed by atoms with Crippen LogP contribution in [0.5, 0.6) is 0 Å². The summed E-state index contributed by atoms with van der Waals surface area (Å²) in [6.07, 6.45) is 3.52. The number of rotatable bonds is 13. The van der Waals surface area contributed by atoms with Gasteiger partial charge in [0.15, 0.2) is 11.1 Å². The molecule has 3 N–H and O–H groups in total. The molecular formula is C26H30N4O5S2. The summed E-state index contributed by atoms with van der Waals surface area (Å²) in [5, 5.41) is 18.5. The summed E-state index contributed by atoms with van der Waals surface area (Å²) in [6, 6.07) is 12.9. The second-order valence-electron chi connectivity index (χ2n) is 8.24. The zero-order valence-corrected chi connectivity index (χ0v) is 22.4. The van der Waals surface area contributed by atoms with E-state index >= 15 is 0 Å². The molecule has 0 saturated heterocycles. The van der Waals surface area contributed by atoms with E-state index in [1.54, 1.807) is 12.1 Å².